The molecule has 1 rings (SSSR count). The van der Waals surface area contributed by atoms with Crippen LogP contribution >= 0.6 is 0 Å². The first-order valence-corrected chi connectivity index (χ1v) is 7.98. The minimum atomic E-state index is 0.818. The number of hydrogen-bond donors (Lipinski definition) is 4. The molecule has 0 aromatic carbocycles. The molecule has 5 N–H and O–H groups in total. The number of nitrogens with two attached hydrogens (primary N) is 1. The average Bonchev–Trinajstić information content (AvgIpc) is 2.55. The van der Waals surface area contributed by atoms with E-state index < -0.39 is 0 Å². The molecule has 1 aliphatic rings. The molecule has 0 radical (unpaired) electrons. The van der Waals surface area contributed by atoms with Crippen molar-refractivity contribution in [3.63, 3.8) is 0 Å². The summed E-state index contributed by atoms with van der Waals surface area (Å²) in [5, 5.41) is 10.4. The summed E-state index contributed by atoms with van der Waals surface area (Å²) >= 11 is 0. The van der Waals surface area contributed by atoms with Crippen molar-refractivity contribution in [1.82, 2.24) is 20.9 Å². The molecule has 0 atom stereocenters. The Kier molecular flexibility index (Phi) is 11.4. The number of nitrogens with zero attached hydrogens (tertiary/aromatic N) is 1. The summed E-state index contributed by atoms with van der Waals surface area (Å²) in [6.07, 6.45) is 4.92. The molecule has 114 valence electrons. The van der Waals surface area contributed by atoms with Gasteiger partial charge in [-0.05, 0) is 51.9 Å². The fourth-order valence-electron chi connectivity index (χ4n) is 2.34. The van der Waals surface area contributed by atoms with Crippen LogP contribution in [0.15, 0.2) is 0 Å². The van der Waals surface area contributed by atoms with Gasteiger partial charge in [-0.15, -0.1) is 0 Å². The zero-order valence-electron chi connectivity index (χ0n) is 12.4. The Morgan fingerprint density at radius 3 is 2.11 bits per heavy atom. The third-order valence-electron chi connectivity index (χ3n) is 3.57. The summed E-state index contributed by atoms with van der Waals surface area (Å²) in [5.41, 5.74) is 5.47. The molecule has 1 heterocycles. The van der Waals surface area contributed by atoms with Gasteiger partial charge in [0.1, 0.15) is 0 Å². The highest BCUT2D eigenvalue weighted by molar-refractivity contribution is 4.66. The maximum atomic E-state index is 5.47. The van der Waals surface area contributed by atoms with E-state index in [1.165, 1.54) is 38.9 Å². The van der Waals surface area contributed by atoms with Gasteiger partial charge in [-0.1, -0.05) is 0 Å². The number of hydrogen-bond acceptors (Lipinski definition) is 5. The first-order valence-electron chi connectivity index (χ1n) is 7.98. The van der Waals surface area contributed by atoms with Crippen molar-refractivity contribution in [3.8, 4) is 0 Å². The zero-order chi connectivity index (χ0) is 13.6. The molecule has 1 saturated heterocycles. The van der Waals surface area contributed by atoms with Crippen LogP contribution in [0.1, 0.15) is 25.7 Å². The second-order valence-electron chi connectivity index (χ2n) is 5.29. The Morgan fingerprint density at radius 1 is 0.842 bits per heavy atom. The Hall–Kier alpha value is -0.200. The van der Waals surface area contributed by atoms with E-state index in [0.717, 1.165) is 52.2 Å². The third-order valence-corrected chi connectivity index (χ3v) is 3.57. The van der Waals surface area contributed by atoms with Crippen LogP contribution in [0.3, 0.4) is 0 Å². The molecule has 0 aliphatic carbocycles. The summed E-state index contributed by atoms with van der Waals surface area (Å²) in [6.45, 7) is 11.1. The van der Waals surface area contributed by atoms with Crippen LogP contribution in [-0.4, -0.2) is 70.3 Å². The van der Waals surface area contributed by atoms with Gasteiger partial charge in [0.15, 0.2) is 0 Å². The summed E-state index contributed by atoms with van der Waals surface area (Å²) in [7, 11) is 0. The predicted octanol–water partition coefficient (Wildman–Crippen LogP) is -0.410. The Morgan fingerprint density at radius 2 is 1.47 bits per heavy atom. The highest BCUT2D eigenvalue weighted by Gasteiger charge is 2.05. The lowest BCUT2D eigenvalue weighted by Crippen LogP contribution is -2.35. The molecular weight excluding hydrogens is 238 g/mol. The normalized spacial score (nSPS) is 18.8. The van der Waals surface area contributed by atoms with E-state index in [0.29, 0.717) is 0 Å². The standard InChI is InChI=1S/C14H33N5/c15-5-1-2-6-16-7-3-4-12-19-13-10-17-8-9-18-11-14-19/h16-18H,1-15H2. The molecule has 0 spiro atoms. The molecule has 5 nitrogen and oxygen atoms in total. The van der Waals surface area contributed by atoms with Crippen molar-refractivity contribution in [2.45, 2.75) is 25.7 Å². The van der Waals surface area contributed by atoms with Gasteiger partial charge in [-0.25, -0.2) is 0 Å². The lowest BCUT2D eigenvalue weighted by molar-refractivity contribution is 0.274. The van der Waals surface area contributed by atoms with Crippen LogP contribution in [-0.2, 0) is 0 Å². The van der Waals surface area contributed by atoms with Crippen LogP contribution < -0.4 is 21.7 Å². The van der Waals surface area contributed by atoms with Crippen molar-refractivity contribution in [2.24, 2.45) is 5.73 Å². The minimum absolute atomic E-state index is 0.818. The van der Waals surface area contributed by atoms with Crippen LogP contribution in [0.4, 0.5) is 0 Å². The Bertz CT molecular complexity index is 179. The SMILES string of the molecule is NCCCCNCCCCN1CCNCCNCC1. The van der Waals surface area contributed by atoms with Crippen LogP contribution in [0, 0.1) is 0 Å². The fourth-order valence-corrected chi connectivity index (χ4v) is 2.34. The third kappa shape index (κ3) is 10.3. The highest BCUT2D eigenvalue weighted by atomic mass is 15.2. The van der Waals surface area contributed by atoms with Crippen molar-refractivity contribution in [1.29, 1.82) is 0 Å². The van der Waals surface area contributed by atoms with Gasteiger partial charge in [0, 0.05) is 39.3 Å². The van der Waals surface area contributed by atoms with E-state index >= 15 is 0 Å². The van der Waals surface area contributed by atoms with Crippen LogP contribution in [0.5, 0.6) is 0 Å². The van der Waals surface area contributed by atoms with Crippen molar-refractivity contribution in [3.05, 3.63) is 0 Å². The van der Waals surface area contributed by atoms with Crippen molar-refractivity contribution in [2.75, 3.05) is 65.4 Å². The Balaban J connectivity index is 1.91. The molecule has 0 saturated carbocycles. The largest absolute Gasteiger partial charge is 0.330 e. The smallest absolute Gasteiger partial charge is 0.0107 e. The lowest BCUT2D eigenvalue weighted by Gasteiger charge is -2.21. The first-order chi connectivity index (χ1) is 9.43. The molecule has 0 aromatic rings. The van der Waals surface area contributed by atoms with E-state index in [-0.39, 0.29) is 0 Å². The molecule has 1 aliphatic heterocycles. The van der Waals surface area contributed by atoms with Gasteiger partial charge >= 0.3 is 0 Å². The maximum absolute atomic E-state index is 5.47. The van der Waals surface area contributed by atoms with E-state index in [4.69, 9.17) is 5.73 Å². The second kappa shape index (κ2) is 12.8. The fraction of sp³-hybridized carbons (Fsp3) is 1.00. The predicted molar refractivity (Wildman–Crippen MR) is 82.6 cm³/mol. The number of rotatable bonds is 9. The zero-order valence-corrected chi connectivity index (χ0v) is 12.4. The molecular formula is C14H33N5. The van der Waals surface area contributed by atoms with Crippen LogP contribution in [0.2, 0.25) is 0 Å². The maximum Gasteiger partial charge on any atom is 0.0107 e. The van der Waals surface area contributed by atoms with E-state index in [1.807, 2.05) is 0 Å². The summed E-state index contributed by atoms with van der Waals surface area (Å²) < 4.78 is 0. The topological polar surface area (TPSA) is 65.3 Å². The highest BCUT2D eigenvalue weighted by Crippen LogP contribution is 1.95. The van der Waals surface area contributed by atoms with Crippen molar-refractivity contribution < 1.29 is 0 Å². The number of unbranched alkanes of at least 4 members (excludes halogenated alkanes) is 2. The quantitative estimate of drug-likeness (QED) is 0.429. The van der Waals surface area contributed by atoms with Gasteiger partial charge in [0.25, 0.3) is 0 Å². The average molecular weight is 271 g/mol. The summed E-state index contributed by atoms with van der Waals surface area (Å²) in [4.78, 5) is 2.57. The molecule has 0 amide bonds. The summed E-state index contributed by atoms with van der Waals surface area (Å²) in [6, 6.07) is 0. The van der Waals surface area contributed by atoms with Gasteiger partial charge in [-0.2, -0.15) is 0 Å². The van der Waals surface area contributed by atoms with Gasteiger partial charge in [0.2, 0.25) is 0 Å². The summed E-state index contributed by atoms with van der Waals surface area (Å²) in [5.74, 6) is 0. The van der Waals surface area contributed by atoms with Crippen LogP contribution in [0.25, 0.3) is 0 Å². The molecule has 0 aromatic heterocycles. The molecule has 0 bridgehead atoms. The molecule has 0 unspecified atom stereocenters. The van der Waals surface area contributed by atoms with Crippen molar-refractivity contribution >= 4 is 0 Å². The molecule has 1 fully saturated rings. The lowest BCUT2D eigenvalue weighted by atomic mass is 10.2. The van der Waals surface area contributed by atoms with E-state index in [2.05, 4.69) is 20.9 Å². The van der Waals surface area contributed by atoms with E-state index in [1.54, 1.807) is 0 Å². The van der Waals surface area contributed by atoms with Gasteiger partial charge < -0.3 is 26.6 Å². The second-order valence-corrected chi connectivity index (χ2v) is 5.29. The van der Waals surface area contributed by atoms with Gasteiger partial charge in [0.05, 0.1) is 0 Å². The van der Waals surface area contributed by atoms with Gasteiger partial charge in [-0.3, -0.25) is 0 Å². The molecule has 5 heteroatoms. The Labute approximate surface area is 118 Å². The monoisotopic (exact) mass is 271 g/mol. The first kappa shape index (κ1) is 16.9. The minimum Gasteiger partial charge on any atom is -0.330 e. The van der Waals surface area contributed by atoms with E-state index in [9.17, 15) is 0 Å². The number of nitrogens with one attached hydrogen (secondary N) is 3. The molecule has 19 heavy (non-hydrogen) atoms.